The van der Waals surface area contributed by atoms with Gasteiger partial charge in [-0.25, -0.2) is 9.97 Å². The molecule has 0 aliphatic carbocycles. The quantitative estimate of drug-likeness (QED) is 0.489. The zero-order valence-electron chi connectivity index (χ0n) is 17.2. The number of nitrogens with one attached hydrogen (secondary N) is 2. The van der Waals surface area contributed by atoms with E-state index < -0.39 is 17.6 Å². The fraction of sp³-hybridized carbons (Fsp3) is 0.227. The van der Waals surface area contributed by atoms with E-state index in [-0.39, 0.29) is 12.3 Å². The lowest BCUT2D eigenvalue weighted by Crippen LogP contribution is -2.20. The summed E-state index contributed by atoms with van der Waals surface area (Å²) in [7, 11) is 1.72. The molecule has 0 saturated carbocycles. The minimum Gasteiger partial charge on any atom is -0.395 e. The number of hydrogen-bond acceptors (Lipinski definition) is 6. The summed E-state index contributed by atoms with van der Waals surface area (Å²) in [4.78, 5) is 22.4. The number of aliphatic hydroxyl groups is 1. The van der Waals surface area contributed by atoms with Gasteiger partial charge in [0.2, 0.25) is 0 Å². The van der Waals surface area contributed by atoms with Gasteiger partial charge in [-0.05, 0) is 42.0 Å². The van der Waals surface area contributed by atoms with Crippen LogP contribution in [0.25, 0.3) is 0 Å². The van der Waals surface area contributed by atoms with Gasteiger partial charge in [0.15, 0.2) is 0 Å². The number of hydrogen-bond donors (Lipinski definition) is 3. The zero-order valence-corrected chi connectivity index (χ0v) is 17.2. The van der Waals surface area contributed by atoms with E-state index in [9.17, 15) is 18.0 Å². The number of benzene rings is 2. The molecule has 3 aromatic rings. The molecule has 0 radical (unpaired) electrons. The Kier molecular flexibility index (Phi) is 7.26. The fourth-order valence-corrected chi connectivity index (χ4v) is 2.90. The van der Waals surface area contributed by atoms with Crippen molar-refractivity contribution in [2.75, 3.05) is 35.7 Å². The lowest BCUT2D eigenvalue weighted by Gasteiger charge is -2.19. The number of carbonyl (C=O) groups is 1. The third-order valence-electron chi connectivity index (χ3n) is 4.56. The van der Waals surface area contributed by atoms with Gasteiger partial charge < -0.3 is 20.6 Å². The minimum absolute atomic E-state index is 0.0157. The first-order valence-electron chi connectivity index (χ1n) is 9.72. The van der Waals surface area contributed by atoms with Gasteiger partial charge in [-0.1, -0.05) is 12.1 Å². The number of aliphatic hydroxyl groups excluding tert-OH is 1. The van der Waals surface area contributed by atoms with Crippen LogP contribution in [0.15, 0.2) is 60.9 Å². The van der Waals surface area contributed by atoms with Crippen molar-refractivity contribution in [1.82, 2.24) is 9.97 Å². The van der Waals surface area contributed by atoms with Gasteiger partial charge in [0.1, 0.15) is 17.8 Å². The first-order chi connectivity index (χ1) is 15.3. The normalized spacial score (nSPS) is 11.2. The molecule has 0 atom stereocenters. The van der Waals surface area contributed by atoms with E-state index in [0.717, 1.165) is 17.8 Å². The maximum absolute atomic E-state index is 12.7. The molecule has 0 bridgehead atoms. The lowest BCUT2D eigenvalue weighted by atomic mass is 10.1. The Morgan fingerprint density at radius 1 is 1.03 bits per heavy atom. The van der Waals surface area contributed by atoms with Crippen molar-refractivity contribution in [1.29, 1.82) is 0 Å². The highest BCUT2D eigenvalue weighted by molar-refractivity contribution is 6.03. The zero-order chi connectivity index (χ0) is 23.1. The van der Waals surface area contributed by atoms with Crippen molar-refractivity contribution in [2.24, 2.45) is 0 Å². The standard InChI is InChI=1S/C22H22F3N5O2/c1-30(13-15-2-4-16(5-3-15)22(23,24)25)20-12-19(27-14-28-20)21(32)29-18-8-6-17(7-9-18)26-10-11-31/h2-9,12,14,26,31H,10-11,13H2,1H3,(H,29,32). The van der Waals surface area contributed by atoms with Crippen LogP contribution in [0.5, 0.6) is 0 Å². The second-order valence-electron chi connectivity index (χ2n) is 6.99. The molecule has 0 spiro atoms. The van der Waals surface area contributed by atoms with Crippen LogP contribution in [0.2, 0.25) is 0 Å². The molecule has 168 valence electrons. The number of carbonyl (C=O) groups excluding carboxylic acids is 1. The monoisotopic (exact) mass is 445 g/mol. The topological polar surface area (TPSA) is 90.4 Å². The van der Waals surface area contributed by atoms with Crippen molar-refractivity contribution in [3.63, 3.8) is 0 Å². The molecule has 1 amide bonds. The molecule has 2 aromatic carbocycles. The number of nitrogens with zero attached hydrogens (tertiary/aromatic N) is 3. The van der Waals surface area contributed by atoms with Crippen LogP contribution in [-0.4, -0.2) is 41.2 Å². The van der Waals surface area contributed by atoms with E-state index in [4.69, 9.17) is 5.11 Å². The highest BCUT2D eigenvalue weighted by Gasteiger charge is 2.29. The van der Waals surface area contributed by atoms with E-state index in [2.05, 4.69) is 20.6 Å². The van der Waals surface area contributed by atoms with Crippen molar-refractivity contribution in [3.05, 3.63) is 77.7 Å². The fourth-order valence-electron chi connectivity index (χ4n) is 2.90. The van der Waals surface area contributed by atoms with E-state index in [0.29, 0.717) is 30.2 Å². The predicted molar refractivity (Wildman–Crippen MR) is 116 cm³/mol. The number of aromatic nitrogens is 2. The van der Waals surface area contributed by atoms with Gasteiger partial charge in [-0.15, -0.1) is 0 Å². The molecular weight excluding hydrogens is 423 g/mol. The molecule has 1 aromatic heterocycles. The van der Waals surface area contributed by atoms with Gasteiger partial charge in [0, 0.05) is 37.6 Å². The molecule has 7 nitrogen and oxygen atoms in total. The van der Waals surface area contributed by atoms with E-state index >= 15 is 0 Å². The first-order valence-corrected chi connectivity index (χ1v) is 9.72. The predicted octanol–water partition coefficient (Wildman–Crippen LogP) is 3.79. The third-order valence-corrected chi connectivity index (χ3v) is 4.56. The Morgan fingerprint density at radius 2 is 1.69 bits per heavy atom. The van der Waals surface area contributed by atoms with Gasteiger partial charge in [0.25, 0.3) is 5.91 Å². The van der Waals surface area contributed by atoms with Crippen LogP contribution < -0.4 is 15.5 Å². The summed E-state index contributed by atoms with van der Waals surface area (Å²) in [5.74, 6) is 0.0289. The van der Waals surface area contributed by atoms with Gasteiger partial charge in [0.05, 0.1) is 12.2 Å². The molecule has 0 aliphatic heterocycles. The largest absolute Gasteiger partial charge is 0.416 e. The van der Waals surface area contributed by atoms with E-state index in [1.807, 2.05) is 0 Å². The maximum atomic E-state index is 12.7. The number of anilines is 3. The van der Waals surface area contributed by atoms with Crippen LogP contribution in [0.4, 0.5) is 30.4 Å². The molecule has 0 unspecified atom stereocenters. The molecule has 32 heavy (non-hydrogen) atoms. The Morgan fingerprint density at radius 3 is 2.31 bits per heavy atom. The summed E-state index contributed by atoms with van der Waals surface area (Å²) in [5.41, 5.74) is 1.49. The van der Waals surface area contributed by atoms with Crippen molar-refractivity contribution >= 4 is 23.1 Å². The minimum atomic E-state index is -4.38. The molecule has 0 saturated heterocycles. The second kappa shape index (κ2) is 10.1. The smallest absolute Gasteiger partial charge is 0.395 e. The van der Waals surface area contributed by atoms with Crippen LogP contribution in [0, 0.1) is 0 Å². The van der Waals surface area contributed by atoms with Crippen LogP contribution >= 0.6 is 0 Å². The maximum Gasteiger partial charge on any atom is 0.416 e. The summed E-state index contributed by atoms with van der Waals surface area (Å²) < 4.78 is 38.1. The molecule has 0 aliphatic rings. The number of amides is 1. The molecular formula is C22H22F3N5O2. The molecule has 10 heteroatoms. The average molecular weight is 445 g/mol. The molecule has 3 N–H and O–H groups in total. The highest BCUT2D eigenvalue weighted by atomic mass is 19.4. The summed E-state index contributed by atoms with van der Waals surface area (Å²) >= 11 is 0. The highest BCUT2D eigenvalue weighted by Crippen LogP contribution is 2.29. The van der Waals surface area contributed by atoms with Crippen molar-refractivity contribution in [3.8, 4) is 0 Å². The summed E-state index contributed by atoms with van der Waals surface area (Å²) in [6.07, 6.45) is -3.12. The molecule has 1 heterocycles. The average Bonchev–Trinajstić information content (AvgIpc) is 2.78. The third kappa shape index (κ3) is 6.17. The Hall–Kier alpha value is -3.66. The van der Waals surface area contributed by atoms with Crippen molar-refractivity contribution < 1.29 is 23.1 Å². The van der Waals surface area contributed by atoms with E-state index in [1.54, 1.807) is 36.2 Å². The van der Waals surface area contributed by atoms with E-state index in [1.165, 1.54) is 24.5 Å². The lowest BCUT2D eigenvalue weighted by molar-refractivity contribution is -0.137. The summed E-state index contributed by atoms with van der Waals surface area (Å²) in [6.45, 7) is 0.746. The summed E-state index contributed by atoms with van der Waals surface area (Å²) in [6, 6.07) is 13.4. The van der Waals surface area contributed by atoms with Crippen LogP contribution in [-0.2, 0) is 12.7 Å². The molecule has 0 fully saturated rings. The Labute approximate surface area is 182 Å². The number of rotatable bonds is 8. The number of alkyl halides is 3. The van der Waals surface area contributed by atoms with Gasteiger partial charge in [-0.3, -0.25) is 4.79 Å². The SMILES string of the molecule is CN(Cc1ccc(C(F)(F)F)cc1)c1cc(C(=O)Nc2ccc(NCCO)cc2)ncn1. The van der Waals surface area contributed by atoms with Crippen molar-refractivity contribution in [2.45, 2.75) is 12.7 Å². The second-order valence-corrected chi connectivity index (χ2v) is 6.99. The van der Waals surface area contributed by atoms with Crippen LogP contribution in [0.3, 0.4) is 0 Å². The first kappa shape index (κ1) is 23.0. The Bertz CT molecular complexity index is 1040. The van der Waals surface area contributed by atoms with Crippen LogP contribution in [0.1, 0.15) is 21.6 Å². The summed E-state index contributed by atoms with van der Waals surface area (Å²) in [5, 5.41) is 14.6. The van der Waals surface area contributed by atoms with Gasteiger partial charge >= 0.3 is 6.18 Å². The number of halogens is 3. The Balaban J connectivity index is 1.64. The van der Waals surface area contributed by atoms with Gasteiger partial charge in [-0.2, -0.15) is 13.2 Å². The molecule has 3 rings (SSSR count).